The van der Waals surface area contributed by atoms with Gasteiger partial charge in [-0.25, -0.2) is 4.98 Å². The quantitative estimate of drug-likeness (QED) is 0.912. The number of aryl methyl sites for hydroxylation is 1. The molecule has 2 heterocycles. The highest BCUT2D eigenvalue weighted by Crippen LogP contribution is 2.31. The molecular formula is C10H11ClN2S2. The number of halogens is 1. The molecule has 0 aliphatic rings. The Morgan fingerprint density at radius 1 is 1.47 bits per heavy atom. The molecule has 0 fully saturated rings. The molecule has 1 unspecified atom stereocenters. The van der Waals surface area contributed by atoms with E-state index in [-0.39, 0.29) is 6.04 Å². The molecule has 1 N–H and O–H groups in total. The van der Waals surface area contributed by atoms with Crippen molar-refractivity contribution in [2.24, 2.45) is 0 Å². The first-order chi connectivity index (χ1) is 7.20. The summed E-state index contributed by atoms with van der Waals surface area (Å²) >= 11 is 9.19. The number of thiazole rings is 1. The van der Waals surface area contributed by atoms with Crippen LogP contribution in [0.3, 0.4) is 0 Å². The SMILES string of the molecule is CNC(c1csc(C)n1)c1ccc(Cl)s1. The third-order valence-corrected chi connectivity index (χ3v) is 4.19. The maximum Gasteiger partial charge on any atom is 0.0931 e. The van der Waals surface area contributed by atoms with E-state index in [2.05, 4.69) is 15.7 Å². The molecule has 15 heavy (non-hydrogen) atoms. The lowest BCUT2D eigenvalue weighted by Crippen LogP contribution is -2.16. The summed E-state index contributed by atoms with van der Waals surface area (Å²) in [6, 6.07) is 4.13. The second kappa shape index (κ2) is 4.61. The van der Waals surface area contributed by atoms with E-state index in [4.69, 9.17) is 11.6 Å². The number of rotatable bonds is 3. The first-order valence-electron chi connectivity index (χ1n) is 4.55. The van der Waals surface area contributed by atoms with Gasteiger partial charge in [0.1, 0.15) is 0 Å². The molecular weight excluding hydrogens is 248 g/mol. The average Bonchev–Trinajstić information content (AvgIpc) is 2.78. The number of nitrogens with zero attached hydrogens (tertiary/aromatic N) is 1. The summed E-state index contributed by atoms with van der Waals surface area (Å²) in [7, 11) is 1.94. The van der Waals surface area contributed by atoms with Crippen molar-refractivity contribution in [3.05, 3.63) is 37.4 Å². The highest BCUT2D eigenvalue weighted by molar-refractivity contribution is 7.16. The molecule has 2 nitrogen and oxygen atoms in total. The van der Waals surface area contributed by atoms with Gasteiger partial charge in [0.05, 0.1) is 21.1 Å². The minimum absolute atomic E-state index is 0.160. The van der Waals surface area contributed by atoms with E-state index in [9.17, 15) is 0 Å². The number of thiophene rings is 1. The van der Waals surface area contributed by atoms with Crippen molar-refractivity contribution in [3.8, 4) is 0 Å². The third kappa shape index (κ3) is 2.39. The summed E-state index contributed by atoms with van der Waals surface area (Å²) in [5.41, 5.74) is 1.07. The number of aromatic nitrogens is 1. The Morgan fingerprint density at radius 3 is 2.73 bits per heavy atom. The Balaban J connectivity index is 2.32. The van der Waals surface area contributed by atoms with Crippen LogP contribution in [0, 0.1) is 6.92 Å². The van der Waals surface area contributed by atoms with Crippen LogP contribution in [0.5, 0.6) is 0 Å². The summed E-state index contributed by atoms with van der Waals surface area (Å²) in [6.45, 7) is 2.02. The van der Waals surface area contributed by atoms with Crippen LogP contribution in [-0.2, 0) is 0 Å². The van der Waals surface area contributed by atoms with Crippen LogP contribution in [0.1, 0.15) is 21.6 Å². The van der Waals surface area contributed by atoms with E-state index >= 15 is 0 Å². The highest BCUT2D eigenvalue weighted by atomic mass is 35.5. The summed E-state index contributed by atoms with van der Waals surface area (Å²) in [5, 5.41) is 6.44. The Hall–Kier alpha value is -0.420. The van der Waals surface area contributed by atoms with E-state index < -0.39 is 0 Å². The van der Waals surface area contributed by atoms with Crippen LogP contribution in [0.4, 0.5) is 0 Å². The predicted octanol–water partition coefficient (Wildman–Crippen LogP) is 3.48. The average molecular weight is 259 g/mol. The fourth-order valence-corrected chi connectivity index (χ4v) is 3.25. The molecule has 1 atom stereocenters. The van der Waals surface area contributed by atoms with Gasteiger partial charge in [-0.2, -0.15) is 0 Å². The molecule has 0 aliphatic carbocycles. The van der Waals surface area contributed by atoms with Crippen molar-refractivity contribution in [2.45, 2.75) is 13.0 Å². The van der Waals surface area contributed by atoms with Gasteiger partial charge in [-0.15, -0.1) is 22.7 Å². The predicted molar refractivity (Wildman–Crippen MR) is 67.1 cm³/mol. The highest BCUT2D eigenvalue weighted by Gasteiger charge is 2.16. The molecule has 0 amide bonds. The molecule has 5 heteroatoms. The van der Waals surface area contributed by atoms with E-state index in [1.165, 1.54) is 4.88 Å². The Bertz CT molecular complexity index is 409. The number of hydrogen-bond donors (Lipinski definition) is 1. The van der Waals surface area contributed by atoms with E-state index in [1.54, 1.807) is 22.7 Å². The molecule has 0 spiro atoms. The van der Waals surface area contributed by atoms with Crippen molar-refractivity contribution in [3.63, 3.8) is 0 Å². The summed E-state index contributed by atoms with van der Waals surface area (Å²) in [6.07, 6.45) is 0. The molecule has 0 saturated carbocycles. The van der Waals surface area contributed by atoms with Gasteiger partial charge in [0, 0.05) is 10.3 Å². The summed E-state index contributed by atoms with van der Waals surface area (Å²) in [4.78, 5) is 5.69. The van der Waals surface area contributed by atoms with Gasteiger partial charge in [-0.3, -0.25) is 0 Å². The standard InChI is InChI=1S/C10H11ClN2S2/c1-6-13-7(5-14-6)10(12-2)8-3-4-9(11)15-8/h3-5,10,12H,1-2H3. The zero-order chi connectivity index (χ0) is 10.8. The van der Waals surface area contributed by atoms with Crippen LogP contribution in [0.2, 0.25) is 4.34 Å². The Kier molecular flexibility index (Phi) is 3.41. The van der Waals surface area contributed by atoms with E-state index in [1.807, 2.05) is 26.1 Å². The van der Waals surface area contributed by atoms with Gasteiger partial charge in [0.2, 0.25) is 0 Å². The van der Waals surface area contributed by atoms with Gasteiger partial charge >= 0.3 is 0 Å². The fourth-order valence-electron chi connectivity index (χ4n) is 1.43. The van der Waals surface area contributed by atoms with Crippen LogP contribution in [-0.4, -0.2) is 12.0 Å². The minimum Gasteiger partial charge on any atom is -0.307 e. The van der Waals surface area contributed by atoms with Gasteiger partial charge in [0.15, 0.2) is 0 Å². The molecule has 0 aliphatic heterocycles. The molecule has 0 bridgehead atoms. The topological polar surface area (TPSA) is 24.9 Å². The second-order valence-electron chi connectivity index (χ2n) is 3.15. The van der Waals surface area contributed by atoms with Gasteiger partial charge in [-0.1, -0.05) is 11.6 Å². The van der Waals surface area contributed by atoms with Gasteiger partial charge in [-0.05, 0) is 26.1 Å². The monoisotopic (exact) mass is 258 g/mol. The molecule has 0 saturated heterocycles. The normalized spacial score (nSPS) is 13.0. The molecule has 2 rings (SSSR count). The first kappa shape index (κ1) is 11.1. The van der Waals surface area contributed by atoms with Crippen LogP contribution >= 0.6 is 34.3 Å². The lowest BCUT2D eigenvalue weighted by Gasteiger charge is -2.11. The largest absolute Gasteiger partial charge is 0.307 e. The number of nitrogens with one attached hydrogen (secondary N) is 1. The van der Waals surface area contributed by atoms with Crippen molar-refractivity contribution in [2.75, 3.05) is 7.05 Å². The zero-order valence-electron chi connectivity index (χ0n) is 8.45. The maximum atomic E-state index is 5.93. The Morgan fingerprint density at radius 2 is 2.27 bits per heavy atom. The minimum atomic E-state index is 0.160. The summed E-state index contributed by atoms with van der Waals surface area (Å²) in [5.74, 6) is 0. The molecule has 2 aromatic heterocycles. The van der Waals surface area contributed by atoms with Crippen LogP contribution in [0.25, 0.3) is 0 Å². The van der Waals surface area contributed by atoms with Crippen LogP contribution < -0.4 is 5.32 Å². The van der Waals surface area contributed by atoms with Crippen molar-refractivity contribution >= 4 is 34.3 Å². The Labute approximate surface area is 102 Å². The van der Waals surface area contributed by atoms with Crippen LogP contribution in [0.15, 0.2) is 17.5 Å². The molecule has 0 radical (unpaired) electrons. The lowest BCUT2D eigenvalue weighted by molar-refractivity contribution is 0.685. The van der Waals surface area contributed by atoms with E-state index in [0.717, 1.165) is 15.0 Å². The maximum absolute atomic E-state index is 5.93. The fraction of sp³-hybridized carbons (Fsp3) is 0.300. The number of hydrogen-bond acceptors (Lipinski definition) is 4. The van der Waals surface area contributed by atoms with Gasteiger partial charge in [0.25, 0.3) is 0 Å². The smallest absolute Gasteiger partial charge is 0.0931 e. The van der Waals surface area contributed by atoms with Crippen molar-refractivity contribution in [1.82, 2.24) is 10.3 Å². The second-order valence-corrected chi connectivity index (χ2v) is 5.96. The summed E-state index contributed by atoms with van der Waals surface area (Å²) < 4.78 is 0.817. The van der Waals surface area contributed by atoms with E-state index in [0.29, 0.717) is 0 Å². The molecule has 0 aromatic carbocycles. The molecule has 80 valence electrons. The van der Waals surface area contributed by atoms with Crippen molar-refractivity contribution in [1.29, 1.82) is 0 Å². The lowest BCUT2D eigenvalue weighted by atomic mass is 10.2. The first-order valence-corrected chi connectivity index (χ1v) is 6.62. The van der Waals surface area contributed by atoms with Crippen molar-refractivity contribution < 1.29 is 0 Å². The van der Waals surface area contributed by atoms with Gasteiger partial charge < -0.3 is 5.32 Å². The third-order valence-electron chi connectivity index (χ3n) is 2.10. The molecule has 2 aromatic rings. The zero-order valence-corrected chi connectivity index (χ0v) is 10.8.